The molecule has 0 unspecified atom stereocenters. The summed E-state index contributed by atoms with van der Waals surface area (Å²) in [7, 11) is -4.15. The molecule has 0 saturated heterocycles. The predicted octanol–water partition coefficient (Wildman–Crippen LogP) is 3.59. The van der Waals surface area contributed by atoms with Crippen molar-refractivity contribution >= 4 is 32.5 Å². The summed E-state index contributed by atoms with van der Waals surface area (Å²) in [5.41, 5.74) is 1.01. The first-order valence-electron chi connectivity index (χ1n) is 9.09. The summed E-state index contributed by atoms with van der Waals surface area (Å²) in [5.74, 6) is -1.96. The number of likely N-dealkylation sites (N-methyl/N-ethyl adjacent to an activating group) is 1. The molecule has 1 heterocycles. The summed E-state index contributed by atoms with van der Waals surface area (Å²) in [6.07, 6.45) is 1.76. The van der Waals surface area contributed by atoms with E-state index in [2.05, 4.69) is 4.72 Å². The summed E-state index contributed by atoms with van der Waals surface area (Å²) in [6.45, 7) is 5.26. The van der Waals surface area contributed by atoms with E-state index < -0.39 is 26.6 Å². The third-order valence-corrected chi connectivity index (χ3v) is 5.95. The standard InChI is InChI=1S/C20H21F2N3O3S/c1-3-24(4-2)20(26)13-25-8-7-14-9-17(5-6-19(14)25)23-29(27,28)18-11-15(21)10-16(22)12-18/h5-12,23H,3-4,13H2,1-2H3. The van der Waals surface area contributed by atoms with Gasteiger partial charge in [0.25, 0.3) is 10.0 Å². The molecule has 0 spiro atoms. The van der Waals surface area contributed by atoms with Crippen molar-refractivity contribution in [2.45, 2.75) is 25.3 Å². The predicted molar refractivity (Wildman–Crippen MR) is 107 cm³/mol. The van der Waals surface area contributed by atoms with Crippen LogP contribution in [-0.2, 0) is 21.4 Å². The monoisotopic (exact) mass is 421 g/mol. The van der Waals surface area contributed by atoms with Gasteiger partial charge in [0, 0.05) is 41.9 Å². The van der Waals surface area contributed by atoms with Crippen molar-refractivity contribution in [3.63, 3.8) is 0 Å². The maximum absolute atomic E-state index is 13.4. The number of anilines is 1. The van der Waals surface area contributed by atoms with Crippen LogP contribution in [0.4, 0.5) is 14.5 Å². The molecule has 1 N–H and O–H groups in total. The van der Waals surface area contributed by atoms with Crippen molar-refractivity contribution in [2.75, 3.05) is 17.8 Å². The molecule has 1 amide bonds. The van der Waals surface area contributed by atoms with Gasteiger partial charge in [-0.15, -0.1) is 0 Å². The van der Waals surface area contributed by atoms with Crippen LogP contribution < -0.4 is 4.72 Å². The number of carbonyl (C=O) groups excluding carboxylic acids is 1. The van der Waals surface area contributed by atoms with E-state index in [1.54, 1.807) is 33.9 Å². The minimum atomic E-state index is -4.15. The number of benzene rings is 2. The first kappa shape index (κ1) is 20.8. The van der Waals surface area contributed by atoms with Crippen LogP contribution in [0.5, 0.6) is 0 Å². The number of sulfonamides is 1. The molecule has 6 nitrogen and oxygen atoms in total. The molecule has 0 radical (unpaired) electrons. The van der Waals surface area contributed by atoms with Gasteiger partial charge >= 0.3 is 0 Å². The van der Waals surface area contributed by atoms with Crippen LogP contribution in [0.3, 0.4) is 0 Å². The summed E-state index contributed by atoms with van der Waals surface area (Å²) in [5, 5.41) is 0.725. The number of fused-ring (bicyclic) bond motifs is 1. The van der Waals surface area contributed by atoms with E-state index in [4.69, 9.17) is 0 Å². The van der Waals surface area contributed by atoms with Crippen molar-refractivity contribution < 1.29 is 22.0 Å². The SMILES string of the molecule is CCN(CC)C(=O)Cn1ccc2cc(NS(=O)(=O)c3cc(F)cc(F)c3)ccc21. The van der Waals surface area contributed by atoms with Gasteiger partial charge in [-0.3, -0.25) is 9.52 Å². The van der Waals surface area contributed by atoms with Gasteiger partial charge in [-0.25, -0.2) is 17.2 Å². The fourth-order valence-corrected chi connectivity index (χ4v) is 4.21. The number of halogens is 2. The van der Waals surface area contributed by atoms with E-state index in [0.29, 0.717) is 19.2 Å². The van der Waals surface area contributed by atoms with Crippen molar-refractivity contribution in [3.05, 3.63) is 60.3 Å². The highest BCUT2D eigenvalue weighted by molar-refractivity contribution is 7.92. The van der Waals surface area contributed by atoms with Gasteiger partial charge in [-0.05, 0) is 50.2 Å². The van der Waals surface area contributed by atoms with E-state index in [9.17, 15) is 22.0 Å². The zero-order valence-corrected chi connectivity index (χ0v) is 16.8. The minimum absolute atomic E-state index is 0.00888. The Labute approximate surface area is 167 Å². The lowest BCUT2D eigenvalue weighted by Gasteiger charge is -2.19. The van der Waals surface area contributed by atoms with E-state index in [1.807, 2.05) is 13.8 Å². The summed E-state index contributed by atoms with van der Waals surface area (Å²) in [4.78, 5) is 13.6. The average molecular weight is 421 g/mol. The third-order valence-electron chi connectivity index (χ3n) is 4.59. The molecule has 0 aliphatic heterocycles. The second-order valence-corrected chi connectivity index (χ2v) is 8.18. The third kappa shape index (κ3) is 4.56. The largest absolute Gasteiger partial charge is 0.342 e. The van der Waals surface area contributed by atoms with Crippen molar-refractivity contribution in [3.8, 4) is 0 Å². The molecule has 0 aliphatic rings. The highest BCUT2D eigenvalue weighted by atomic mass is 32.2. The highest BCUT2D eigenvalue weighted by Crippen LogP contribution is 2.24. The van der Waals surface area contributed by atoms with Crippen LogP contribution >= 0.6 is 0 Å². The molecule has 3 rings (SSSR count). The Bertz CT molecular complexity index is 1130. The quantitative estimate of drug-likeness (QED) is 0.634. The molecule has 0 saturated carbocycles. The van der Waals surface area contributed by atoms with E-state index in [0.717, 1.165) is 23.0 Å². The van der Waals surface area contributed by atoms with Gasteiger partial charge in [-0.2, -0.15) is 0 Å². The smallest absolute Gasteiger partial charge is 0.262 e. The summed E-state index contributed by atoms with van der Waals surface area (Å²) < 4.78 is 55.7. The van der Waals surface area contributed by atoms with Crippen LogP contribution in [0.1, 0.15) is 13.8 Å². The van der Waals surface area contributed by atoms with Crippen LogP contribution in [0, 0.1) is 11.6 Å². The first-order valence-corrected chi connectivity index (χ1v) is 10.6. The first-order chi connectivity index (χ1) is 13.7. The Morgan fingerprint density at radius 3 is 2.31 bits per heavy atom. The number of carbonyl (C=O) groups is 1. The van der Waals surface area contributed by atoms with Crippen molar-refractivity contribution in [2.24, 2.45) is 0 Å². The van der Waals surface area contributed by atoms with Crippen LogP contribution in [0.25, 0.3) is 10.9 Å². The molecular weight excluding hydrogens is 400 g/mol. The minimum Gasteiger partial charge on any atom is -0.342 e. The second-order valence-electron chi connectivity index (χ2n) is 6.49. The fourth-order valence-electron chi connectivity index (χ4n) is 3.12. The fraction of sp³-hybridized carbons (Fsp3) is 0.250. The number of hydrogen-bond acceptors (Lipinski definition) is 3. The Morgan fingerprint density at radius 1 is 1.03 bits per heavy atom. The number of nitrogens with one attached hydrogen (secondary N) is 1. The zero-order chi connectivity index (χ0) is 21.2. The molecule has 0 fully saturated rings. The molecular formula is C20H21F2N3O3S. The molecule has 29 heavy (non-hydrogen) atoms. The number of nitrogens with zero attached hydrogens (tertiary/aromatic N) is 2. The molecule has 0 bridgehead atoms. The van der Waals surface area contributed by atoms with Crippen LogP contribution in [0.15, 0.2) is 53.6 Å². The zero-order valence-electron chi connectivity index (χ0n) is 16.0. The second kappa shape index (κ2) is 8.20. The van der Waals surface area contributed by atoms with Gasteiger partial charge in [0.05, 0.1) is 4.90 Å². The van der Waals surface area contributed by atoms with Gasteiger partial charge in [0.15, 0.2) is 0 Å². The van der Waals surface area contributed by atoms with Crippen LogP contribution in [0.2, 0.25) is 0 Å². The van der Waals surface area contributed by atoms with Gasteiger partial charge in [0.2, 0.25) is 5.91 Å². The van der Waals surface area contributed by atoms with Gasteiger partial charge in [-0.1, -0.05) is 0 Å². The molecule has 3 aromatic rings. The summed E-state index contributed by atoms with van der Waals surface area (Å²) in [6, 6.07) is 8.69. The summed E-state index contributed by atoms with van der Waals surface area (Å²) >= 11 is 0. The number of hydrogen-bond donors (Lipinski definition) is 1. The lowest BCUT2D eigenvalue weighted by Crippen LogP contribution is -2.33. The molecule has 1 aromatic heterocycles. The van der Waals surface area contributed by atoms with Gasteiger partial charge in [0.1, 0.15) is 18.2 Å². The Hall–Kier alpha value is -2.94. The maximum Gasteiger partial charge on any atom is 0.262 e. The van der Waals surface area contributed by atoms with E-state index >= 15 is 0 Å². The molecule has 2 aromatic carbocycles. The highest BCUT2D eigenvalue weighted by Gasteiger charge is 2.17. The van der Waals surface area contributed by atoms with Crippen molar-refractivity contribution in [1.82, 2.24) is 9.47 Å². The lowest BCUT2D eigenvalue weighted by atomic mass is 10.2. The molecule has 9 heteroatoms. The topological polar surface area (TPSA) is 71.4 Å². The number of aromatic nitrogens is 1. The molecule has 154 valence electrons. The number of amides is 1. The van der Waals surface area contributed by atoms with Gasteiger partial charge < -0.3 is 9.47 Å². The molecule has 0 aliphatic carbocycles. The normalized spacial score (nSPS) is 11.6. The van der Waals surface area contributed by atoms with E-state index in [-0.39, 0.29) is 18.1 Å². The average Bonchev–Trinajstić information content (AvgIpc) is 3.03. The lowest BCUT2D eigenvalue weighted by molar-refractivity contribution is -0.131. The number of rotatable bonds is 7. The maximum atomic E-state index is 13.4. The Morgan fingerprint density at radius 2 is 1.69 bits per heavy atom. The Balaban J connectivity index is 1.85. The Kier molecular flexibility index (Phi) is 5.88. The van der Waals surface area contributed by atoms with Crippen molar-refractivity contribution in [1.29, 1.82) is 0 Å². The van der Waals surface area contributed by atoms with Crippen LogP contribution in [-0.4, -0.2) is 36.9 Å². The van der Waals surface area contributed by atoms with E-state index in [1.165, 1.54) is 6.07 Å². The molecule has 0 atom stereocenters.